The summed E-state index contributed by atoms with van der Waals surface area (Å²) >= 11 is 0. The van der Waals surface area contributed by atoms with E-state index in [1.807, 2.05) is 12.1 Å². The highest BCUT2D eigenvalue weighted by Gasteiger charge is 2.06. The Bertz CT molecular complexity index is 260. The lowest BCUT2D eigenvalue weighted by molar-refractivity contribution is 0.384. The van der Waals surface area contributed by atoms with Gasteiger partial charge < -0.3 is 4.74 Å². The Hall–Kier alpha value is -1.55. The molecule has 0 spiro atoms. The molecule has 0 amide bonds. The van der Waals surface area contributed by atoms with E-state index in [2.05, 4.69) is 11.9 Å². The first-order chi connectivity index (χ1) is 6.78. The van der Waals surface area contributed by atoms with Crippen molar-refractivity contribution >= 4 is 5.90 Å². The Labute approximate surface area is 84.8 Å². The topological polar surface area (TPSA) is 69.2 Å². The number of rotatable bonds is 5. The summed E-state index contributed by atoms with van der Waals surface area (Å²) in [5, 5.41) is 17.1. The number of hydrogen-bond donors (Lipinski definition) is 0. The number of ether oxygens (including phenoxy) is 1. The van der Waals surface area contributed by atoms with Crippen LogP contribution in [0, 0.1) is 22.7 Å². The SMILES string of the molecule is CCCC/C(=N/C(C#N)CC#N)OC. The van der Waals surface area contributed by atoms with Crippen LogP contribution < -0.4 is 0 Å². The maximum absolute atomic E-state index is 8.66. The number of aliphatic imine (C=N–C) groups is 1. The van der Waals surface area contributed by atoms with E-state index in [1.54, 1.807) is 0 Å². The highest BCUT2D eigenvalue weighted by molar-refractivity contribution is 5.76. The van der Waals surface area contributed by atoms with Crippen molar-refractivity contribution in [3.8, 4) is 12.1 Å². The van der Waals surface area contributed by atoms with Gasteiger partial charge in [-0.3, -0.25) is 0 Å². The van der Waals surface area contributed by atoms with Gasteiger partial charge in [0, 0.05) is 6.42 Å². The second kappa shape index (κ2) is 8.07. The van der Waals surface area contributed by atoms with Gasteiger partial charge in [0.1, 0.15) is 0 Å². The molecule has 0 N–H and O–H groups in total. The maximum atomic E-state index is 8.66. The molecule has 0 aromatic rings. The van der Waals surface area contributed by atoms with Crippen molar-refractivity contribution in [1.29, 1.82) is 10.5 Å². The zero-order valence-corrected chi connectivity index (χ0v) is 8.66. The van der Waals surface area contributed by atoms with Crippen molar-refractivity contribution in [3.63, 3.8) is 0 Å². The van der Waals surface area contributed by atoms with Crippen LogP contribution in [-0.4, -0.2) is 19.0 Å². The minimum atomic E-state index is -0.591. The summed E-state index contributed by atoms with van der Waals surface area (Å²) < 4.78 is 5.02. The lowest BCUT2D eigenvalue weighted by Crippen LogP contribution is -2.08. The second-order valence-corrected chi connectivity index (χ2v) is 2.84. The minimum absolute atomic E-state index is 0.121. The normalized spacial score (nSPS) is 12.7. The van der Waals surface area contributed by atoms with E-state index in [-0.39, 0.29) is 6.42 Å². The number of methoxy groups -OCH3 is 1. The van der Waals surface area contributed by atoms with Crippen molar-refractivity contribution in [2.75, 3.05) is 7.11 Å². The third-order valence-corrected chi connectivity index (χ3v) is 1.71. The van der Waals surface area contributed by atoms with E-state index in [0.717, 1.165) is 19.3 Å². The largest absolute Gasteiger partial charge is 0.484 e. The molecule has 76 valence electrons. The molecule has 0 aliphatic rings. The molecule has 1 atom stereocenters. The first-order valence-electron chi connectivity index (χ1n) is 4.65. The van der Waals surface area contributed by atoms with Crippen LogP contribution in [-0.2, 0) is 4.74 Å². The van der Waals surface area contributed by atoms with Gasteiger partial charge >= 0.3 is 0 Å². The molecule has 0 saturated heterocycles. The predicted octanol–water partition coefficient (Wildman–Crippen LogP) is 2.03. The molecule has 1 unspecified atom stereocenters. The van der Waals surface area contributed by atoms with Crippen LogP contribution in [0.4, 0.5) is 0 Å². The standard InChI is InChI=1S/C10H15N3O/c1-3-4-5-10(14-2)13-9(8-12)6-7-11/h9H,3-6H2,1-2H3/b13-10-. The second-order valence-electron chi connectivity index (χ2n) is 2.84. The smallest absolute Gasteiger partial charge is 0.184 e. The van der Waals surface area contributed by atoms with E-state index >= 15 is 0 Å². The molecule has 0 aromatic heterocycles. The zero-order valence-electron chi connectivity index (χ0n) is 8.66. The lowest BCUT2D eigenvalue weighted by atomic mass is 10.2. The quantitative estimate of drug-likeness (QED) is 0.495. The Morgan fingerprint density at radius 2 is 2.21 bits per heavy atom. The van der Waals surface area contributed by atoms with Gasteiger partial charge in [-0.2, -0.15) is 10.5 Å². The molecule has 4 heteroatoms. The average Bonchev–Trinajstić information content (AvgIpc) is 2.22. The van der Waals surface area contributed by atoms with Crippen molar-refractivity contribution in [2.24, 2.45) is 4.99 Å². The first kappa shape index (κ1) is 12.4. The molecule has 14 heavy (non-hydrogen) atoms. The van der Waals surface area contributed by atoms with Crippen LogP contribution in [0.15, 0.2) is 4.99 Å². The Morgan fingerprint density at radius 1 is 1.50 bits per heavy atom. The Morgan fingerprint density at radius 3 is 2.64 bits per heavy atom. The first-order valence-corrected chi connectivity index (χ1v) is 4.65. The van der Waals surface area contributed by atoms with E-state index in [1.165, 1.54) is 7.11 Å². The van der Waals surface area contributed by atoms with Crippen LogP contribution in [0.5, 0.6) is 0 Å². The number of nitrogens with zero attached hydrogens (tertiary/aromatic N) is 3. The summed E-state index contributed by atoms with van der Waals surface area (Å²) in [7, 11) is 1.54. The Kier molecular flexibility index (Phi) is 7.17. The Balaban J connectivity index is 4.26. The van der Waals surface area contributed by atoms with E-state index in [4.69, 9.17) is 15.3 Å². The summed E-state index contributed by atoms with van der Waals surface area (Å²) in [4.78, 5) is 4.05. The summed E-state index contributed by atoms with van der Waals surface area (Å²) in [5.74, 6) is 0.564. The fraction of sp³-hybridized carbons (Fsp3) is 0.700. The van der Waals surface area contributed by atoms with Gasteiger partial charge in [-0.15, -0.1) is 0 Å². The molecule has 0 aliphatic heterocycles. The molecule has 0 radical (unpaired) electrons. The van der Waals surface area contributed by atoms with Gasteiger partial charge in [0.15, 0.2) is 11.9 Å². The number of nitriles is 2. The molecule has 0 bridgehead atoms. The van der Waals surface area contributed by atoms with Gasteiger partial charge in [-0.05, 0) is 6.42 Å². The van der Waals surface area contributed by atoms with E-state index in [9.17, 15) is 0 Å². The van der Waals surface area contributed by atoms with Gasteiger partial charge in [-0.25, -0.2) is 4.99 Å². The summed E-state index contributed by atoms with van der Waals surface area (Å²) in [5.41, 5.74) is 0. The van der Waals surface area contributed by atoms with Crippen LogP contribution in [0.2, 0.25) is 0 Å². The van der Waals surface area contributed by atoms with Crippen molar-refractivity contribution in [1.82, 2.24) is 0 Å². The van der Waals surface area contributed by atoms with Gasteiger partial charge in [0.25, 0.3) is 0 Å². The predicted molar refractivity (Wildman–Crippen MR) is 53.6 cm³/mol. The summed E-state index contributed by atoms with van der Waals surface area (Å²) in [6.45, 7) is 2.07. The molecule has 4 nitrogen and oxygen atoms in total. The molecular weight excluding hydrogens is 178 g/mol. The van der Waals surface area contributed by atoms with Gasteiger partial charge in [0.05, 0.1) is 25.7 Å². The van der Waals surface area contributed by atoms with Crippen LogP contribution in [0.3, 0.4) is 0 Å². The van der Waals surface area contributed by atoms with Gasteiger partial charge in [-0.1, -0.05) is 13.3 Å². The van der Waals surface area contributed by atoms with Crippen molar-refractivity contribution < 1.29 is 4.74 Å². The number of hydrogen-bond acceptors (Lipinski definition) is 4. The van der Waals surface area contributed by atoms with Crippen molar-refractivity contribution in [2.45, 2.75) is 38.6 Å². The van der Waals surface area contributed by atoms with Crippen LogP contribution in [0.25, 0.3) is 0 Å². The maximum Gasteiger partial charge on any atom is 0.184 e. The lowest BCUT2D eigenvalue weighted by Gasteiger charge is -2.05. The molecule has 0 aliphatic carbocycles. The van der Waals surface area contributed by atoms with Crippen LogP contribution in [0.1, 0.15) is 32.6 Å². The number of unbranched alkanes of at least 4 members (excludes halogenated alkanes) is 1. The van der Waals surface area contributed by atoms with Gasteiger partial charge in [0.2, 0.25) is 0 Å². The highest BCUT2D eigenvalue weighted by atomic mass is 16.5. The van der Waals surface area contributed by atoms with E-state index < -0.39 is 6.04 Å². The fourth-order valence-corrected chi connectivity index (χ4v) is 0.928. The molecule has 0 aromatic carbocycles. The third-order valence-electron chi connectivity index (χ3n) is 1.71. The minimum Gasteiger partial charge on any atom is -0.484 e. The molecule has 0 saturated carbocycles. The highest BCUT2D eigenvalue weighted by Crippen LogP contribution is 2.02. The fourth-order valence-electron chi connectivity index (χ4n) is 0.928. The third kappa shape index (κ3) is 5.16. The summed E-state index contributed by atoms with van der Waals surface area (Å²) in [6.07, 6.45) is 2.89. The molecule has 0 fully saturated rings. The molecular formula is C10H15N3O. The molecule has 0 rings (SSSR count). The van der Waals surface area contributed by atoms with Crippen LogP contribution >= 0.6 is 0 Å². The monoisotopic (exact) mass is 193 g/mol. The van der Waals surface area contributed by atoms with Crippen molar-refractivity contribution in [3.05, 3.63) is 0 Å². The molecule has 0 heterocycles. The van der Waals surface area contributed by atoms with E-state index in [0.29, 0.717) is 5.90 Å². The zero-order chi connectivity index (χ0) is 10.8. The average molecular weight is 193 g/mol. The summed E-state index contributed by atoms with van der Waals surface area (Å²) in [6, 6.07) is 3.28.